The highest BCUT2D eigenvalue weighted by molar-refractivity contribution is 5.99. The van der Waals surface area contributed by atoms with E-state index in [9.17, 15) is 22.8 Å². The smallest absolute Gasteiger partial charge is 0.422 e. The van der Waals surface area contributed by atoms with Crippen LogP contribution < -0.4 is 20.3 Å². The zero-order valence-electron chi connectivity index (χ0n) is 19.7. The second kappa shape index (κ2) is 11.3. The molecule has 3 heterocycles. The van der Waals surface area contributed by atoms with Gasteiger partial charge in [0, 0.05) is 31.3 Å². The van der Waals surface area contributed by atoms with E-state index in [1.807, 2.05) is 0 Å². The number of carbonyl (C=O) groups is 2. The molecule has 0 saturated carbocycles. The summed E-state index contributed by atoms with van der Waals surface area (Å²) in [4.78, 5) is 35.2. The van der Waals surface area contributed by atoms with Gasteiger partial charge in [0.2, 0.25) is 11.8 Å². The van der Waals surface area contributed by atoms with Crippen molar-refractivity contribution in [2.24, 2.45) is 5.92 Å². The first-order chi connectivity index (χ1) is 16.5. The van der Waals surface area contributed by atoms with Crippen molar-refractivity contribution in [3.05, 3.63) is 41.6 Å². The Bertz CT molecular complexity index is 1040. The maximum atomic E-state index is 13.2. The largest absolute Gasteiger partial charge is 0.468 e. The summed E-state index contributed by atoms with van der Waals surface area (Å²) in [5.41, 5.74) is 0.902. The number of pyridine rings is 2. The van der Waals surface area contributed by atoms with Crippen molar-refractivity contribution in [1.82, 2.24) is 15.3 Å². The second-order valence-corrected chi connectivity index (χ2v) is 8.34. The molecule has 1 aliphatic rings. The number of nitrogens with one attached hydrogen (secondary N) is 2. The van der Waals surface area contributed by atoms with Gasteiger partial charge in [-0.15, -0.1) is 0 Å². The van der Waals surface area contributed by atoms with E-state index in [1.165, 1.54) is 18.3 Å². The second-order valence-electron chi connectivity index (χ2n) is 8.34. The number of morpholine rings is 1. The molecule has 1 atom stereocenters. The lowest BCUT2D eigenvalue weighted by Gasteiger charge is -2.29. The van der Waals surface area contributed by atoms with Gasteiger partial charge >= 0.3 is 6.18 Å². The van der Waals surface area contributed by atoms with Crippen LogP contribution in [0.1, 0.15) is 42.7 Å². The SMILES string of the molecule is CC(C)C(=O)Nc1cc(C(C)NC(=O)c2ccc(OCC(F)(F)F)nc2N2CCOCC2)ccn1. The third kappa shape index (κ3) is 7.54. The minimum absolute atomic E-state index is 0.180. The van der Waals surface area contributed by atoms with Crippen molar-refractivity contribution < 1.29 is 32.2 Å². The summed E-state index contributed by atoms with van der Waals surface area (Å²) in [6.07, 6.45) is -2.98. The number of amides is 2. The number of aromatic nitrogens is 2. The third-order valence-corrected chi connectivity index (χ3v) is 5.20. The normalized spacial score (nSPS) is 15.0. The fraction of sp³-hybridized carbons (Fsp3) is 0.478. The van der Waals surface area contributed by atoms with Gasteiger partial charge in [-0.25, -0.2) is 4.98 Å². The van der Waals surface area contributed by atoms with Crippen LogP contribution >= 0.6 is 0 Å². The van der Waals surface area contributed by atoms with Crippen molar-refractivity contribution in [3.63, 3.8) is 0 Å². The minimum Gasteiger partial charge on any atom is -0.468 e. The molecule has 2 aromatic rings. The summed E-state index contributed by atoms with van der Waals surface area (Å²) in [7, 11) is 0. The predicted molar refractivity (Wildman–Crippen MR) is 122 cm³/mol. The zero-order chi connectivity index (χ0) is 25.6. The summed E-state index contributed by atoms with van der Waals surface area (Å²) >= 11 is 0. The van der Waals surface area contributed by atoms with E-state index in [4.69, 9.17) is 9.47 Å². The van der Waals surface area contributed by atoms with Gasteiger partial charge in [-0.05, 0) is 30.7 Å². The molecule has 1 saturated heterocycles. The number of ether oxygens (including phenoxy) is 2. The number of rotatable bonds is 8. The van der Waals surface area contributed by atoms with Crippen LogP contribution in [0.3, 0.4) is 0 Å². The molecule has 1 fully saturated rings. The van der Waals surface area contributed by atoms with Gasteiger partial charge in [-0.1, -0.05) is 13.8 Å². The molecule has 0 aromatic carbocycles. The summed E-state index contributed by atoms with van der Waals surface area (Å²) in [5.74, 6) is -0.500. The van der Waals surface area contributed by atoms with Crippen LogP contribution in [0, 0.1) is 5.92 Å². The van der Waals surface area contributed by atoms with Gasteiger partial charge in [0.15, 0.2) is 6.61 Å². The van der Waals surface area contributed by atoms with E-state index in [0.717, 1.165) is 0 Å². The molecule has 1 unspecified atom stereocenters. The molecule has 2 N–H and O–H groups in total. The van der Waals surface area contributed by atoms with Gasteiger partial charge in [-0.3, -0.25) is 9.59 Å². The van der Waals surface area contributed by atoms with Crippen LogP contribution in [0.25, 0.3) is 0 Å². The minimum atomic E-state index is -4.51. The molecule has 2 amide bonds. The Morgan fingerprint density at radius 1 is 1.17 bits per heavy atom. The first-order valence-corrected chi connectivity index (χ1v) is 11.1. The highest BCUT2D eigenvalue weighted by Crippen LogP contribution is 2.26. The van der Waals surface area contributed by atoms with Gasteiger partial charge in [0.25, 0.3) is 5.91 Å². The third-order valence-electron chi connectivity index (χ3n) is 5.20. The lowest BCUT2D eigenvalue weighted by atomic mass is 10.1. The van der Waals surface area contributed by atoms with Crippen LogP contribution in [0.5, 0.6) is 5.88 Å². The van der Waals surface area contributed by atoms with E-state index in [2.05, 4.69) is 20.6 Å². The molecular formula is C23H28F3N5O4. The van der Waals surface area contributed by atoms with E-state index in [0.29, 0.717) is 37.7 Å². The van der Waals surface area contributed by atoms with Crippen LogP contribution in [0.4, 0.5) is 24.8 Å². The molecular weight excluding hydrogens is 467 g/mol. The fourth-order valence-electron chi connectivity index (χ4n) is 3.27. The quantitative estimate of drug-likeness (QED) is 0.579. The number of carbonyl (C=O) groups excluding carboxylic acids is 2. The van der Waals surface area contributed by atoms with E-state index < -0.39 is 24.7 Å². The molecule has 190 valence electrons. The van der Waals surface area contributed by atoms with Gasteiger partial charge in [0.1, 0.15) is 11.6 Å². The summed E-state index contributed by atoms with van der Waals surface area (Å²) in [6, 6.07) is 5.55. The van der Waals surface area contributed by atoms with Crippen LogP contribution in [-0.4, -0.2) is 60.9 Å². The molecule has 2 aromatic heterocycles. The lowest BCUT2D eigenvalue weighted by molar-refractivity contribution is -0.154. The number of halogens is 3. The topological polar surface area (TPSA) is 106 Å². The van der Waals surface area contributed by atoms with Crippen molar-refractivity contribution >= 4 is 23.5 Å². The highest BCUT2D eigenvalue weighted by Gasteiger charge is 2.29. The van der Waals surface area contributed by atoms with Crippen molar-refractivity contribution in [3.8, 4) is 5.88 Å². The molecule has 35 heavy (non-hydrogen) atoms. The fourth-order valence-corrected chi connectivity index (χ4v) is 3.27. The van der Waals surface area contributed by atoms with E-state index in [-0.39, 0.29) is 29.1 Å². The Balaban J connectivity index is 1.79. The monoisotopic (exact) mass is 495 g/mol. The van der Waals surface area contributed by atoms with Crippen molar-refractivity contribution in [2.75, 3.05) is 43.1 Å². The van der Waals surface area contributed by atoms with Crippen molar-refractivity contribution in [2.45, 2.75) is 33.0 Å². The number of alkyl halides is 3. The first-order valence-electron chi connectivity index (χ1n) is 11.1. The Hall–Kier alpha value is -3.41. The summed E-state index contributed by atoms with van der Waals surface area (Å²) in [5, 5.41) is 5.59. The van der Waals surface area contributed by atoms with Gasteiger partial charge in [-0.2, -0.15) is 18.2 Å². The average Bonchev–Trinajstić information content (AvgIpc) is 2.82. The zero-order valence-corrected chi connectivity index (χ0v) is 19.7. The Morgan fingerprint density at radius 2 is 1.89 bits per heavy atom. The molecule has 1 aliphatic heterocycles. The molecule has 0 aliphatic carbocycles. The molecule has 0 bridgehead atoms. The Labute approximate surface area is 201 Å². The number of hydrogen-bond donors (Lipinski definition) is 2. The maximum Gasteiger partial charge on any atom is 0.422 e. The maximum absolute atomic E-state index is 13.2. The van der Waals surface area contributed by atoms with Crippen LogP contribution in [-0.2, 0) is 9.53 Å². The molecule has 3 rings (SSSR count). The van der Waals surface area contributed by atoms with Crippen LogP contribution in [0.2, 0.25) is 0 Å². The number of anilines is 2. The lowest BCUT2D eigenvalue weighted by Crippen LogP contribution is -2.39. The Morgan fingerprint density at radius 3 is 2.54 bits per heavy atom. The number of hydrogen-bond acceptors (Lipinski definition) is 7. The molecule has 0 radical (unpaired) electrons. The standard InChI is InChI=1S/C23H28F3N5O4/c1-14(2)21(32)29-18-12-16(6-7-27-18)15(3)28-22(33)17-4-5-19(35-13-23(24,25)26)30-20(17)31-8-10-34-11-9-31/h4-7,12,14-15H,8-11,13H2,1-3H3,(H,28,33)(H,27,29,32). The van der Waals surface area contributed by atoms with Crippen molar-refractivity contribution in [1.29, 1.82) is 0 Å². The van der Waals surface area contributed by atoms with E-state index in [1.54, 1.807) is 37.8 Å². The average molecular weight is 496 g/mol. The molecule has 9 nitrogen and oxygen atoms in total. The summed E-state index contributed by atoms with van der Waals surface area (Å²) < 4.78 is 47.8. The molecule has 12 heteroatoms. The Kier molecular flexibility index (Phi) is 8.49. The summed E-state index contributed by atoms with van der Waals surface area (Å²) in [6.45, 7) is 5.46. The van der Waals surface area contributed by atoms with E-state index >= 15 is 0 Å². The van der Waals surface area contributed by atoms with Gasteiger partial charge in [0.05, 0.1) is 24.8 Å². The predicted octanol–water partition coefficient (Wildman–Crippen LogP) is 3.34. The number of nitrogens with zero attached hydrogens (tertiary/aromatic N) is 3. The first kappa shape index (κ1) is 26.2. The molecule has 0 spiro atoms. The van der Waals surface area contributed by atoms with Crippen LogP contribution in [0.15, 0.2) is 30.5 Å². The van der Waals surface area contributed by atoms with Gasteiger partial charge < -0.3 is 25.0 Å². The highest BCUT2D eigenvalue weighted by atomic mass is 19.4.